The normalized spacial score (nSPS) is 18.3. The molecule has 5 heteroatoms. The van der Waals surface area contributed by atoms with E-state index in [9.17, 15) is 9.59 Å². The van der Waals surface area contributed by atoms with Gasteiger partial charge in [-0.25, -0.2) is 9.59 Å². The summed E-state index contributed by atoms with van der Waals surface area (Å²) in [6.07, 6.45) is 6.29. The van der Waals surface area contributed by atoms with Crippen molar-refractivity contribution >= 4 is 17.7 Å². The highest BCUT2D eigenvalue weighted by atomic mass is 16.5. The summed E-state index contributed by atoms with van der Waals surface area (Å²) in [6.45, 7) is 0. The molecule has 1 aromatic rings. The number of benzene rings is 1. The van der Waals surface area contributed by atoms with Crippen LogP contribution in [-0.4, -0.2) is 24.1 Å². The first kappa shape index (κ1) is 13.9. The van der Waals surface area contributed by atoms with Gasteiger partial charge in [0.2, 0.25) is 0 Å². The molecule has 2 fully saturated rings. The summed E-state index contributed by atoms with van der Waals surface area (Å²) in [5, 5.41) is 5.59. The van der Waals surface area contributed by atoms with Gasteiger partial charge >= 0.3 is 12.0 Å². The molecule has 2 aliphatic carbocycles. The first-order valence-corrected chi connectivity index (χ1v) is 7.59. The van der Waals surface area contributed by atoms with Crippen molar-refractivity contribution in [3.05, 3.63) is 29.8 Å². The number of carbonyl (C=O) groups excluding carboxylic acids is 2. The SMILES string of the molecule is O=C(Nc1cccc(C(=O)OC2CCCC2)c1)NC1CC1. The van der Waals surface area contributed by atoms with E-state index in [0.29, 0.717) is 17.3 Å². The van der Waals surface area contributed by atoms with Crippen LogP contribution in [0, 0.1) is 0 Å². The smallest absolute Gasteiger partial charge is 0.338 e. The van der Waals surface area contributed by atoms with Gasteiger partial charge in [0.1, 0.15) is 6.10 Å². The lowest BCUT2D eigenvalue weighted by Crippen LogP contribution is -2.30. The van der Waals surface area contributed by atoms with Crippen LogP contribution in [0.15, 0.2) is 24.3 Å². The van der Waals surface area contributed by atoms with Crippen molar-refractivity contribution in [1.29, 1.82) is 0 Å². The zero-order chi connectivity index (χ0) is 14.7. The third-order valence-electron chi connectivity index (χ3n) is 3.84. The maximum Gasteiger partial charge on any atom is 0.338 e. The molecule has 0 unspecified atom stereocenters. The number of amides is 2. The Labute approximate surface area is 124 Å². The van der Waals surface area contributed by atoms with E-state index in [0.717, 1.165) is 38.5 Å². The van der Waals surface area contributed by atoms with Crippen LogP contribution in [0.3, 0.4) is 0 Å². The fraction of sp³-hybridized carbons (Fsp3) is 0.500. The lowest BCUT2D eigenvalue weighted by atomic mass is 10.2. The molecule has 2 saturated carbocycles. The van der Waals surface area contributed by atoms with E-state index < -0.39 is 0 Å². The Kier molecular flexibility index (Phi) is 4.08. The first-order chi connectivity index (χ1) is 10.2. The highest BCUT2D eigenvalue weighted by Crippen LogP contribution is 2.23. The Morgan fingerprint density at radius 3 is 2.57 bits per heavy atom. The number of esters is 1. The minimum atomic E-state index is -0.312. The van der Waals surface area contributed by atoms with Crippen LogP contribution in [0.5, 0.6) is 0 Å². The van der Waals surface area contributed by atoms with Gasteiger partial charge in [0, 0.05) is 11.7 Å². The minimum Gasteiger partial charge on any atom is -0.459 e. The second kappa shape index (κ2) is 6.16. The molecule has 0 radical (unpaired) electrons. The van der Waals surface area contributed by atoms with E-state index >= 15 is 0 Å². The Morgan fingerprint density at radius 2 is 1.86 bits per heavy atom. The molecule has 2 N–H and O–H groups in total. The van der Waals surface area contributed by atoms with Gasteiger partial charge in [0.25, 0.3) is 0 Å². The summed E-state index contributed by atoms with van der Waals surface area (Å²) in [4.78, 5) is 23.8. The number of ether oxygens (including phenoxy) is 1. The lowest BCUT2D eigenvalue weighted by Gasteiger charge is -2.12. The number of nitrogens with one attached hydrogen (secondary N) is 2. The van der Waals surface area contributed by atoms with Crippen molar-refractivity contribution in [3.8, 4) is 0 Å². The predicted molar refractivity (Wildman–Crippen MR) is 79.3 cm³/mol. The predicted octanol–water partition coefficient (Wildman–Crippen LogP) is 3.07. The maximum absolute atomic E-state index is 12.1. The molecule has 112 valence electrons. The average Bonchev–Trinajstić information content (AvgIpc) is 3.12. The highest BCUT2D eigenvalue weighted by molar-refractivity contribution is 5.94. The second-order valence-corrected chi connectivity index (χ2v) is 5.77. The molecule has 0 spiro atoms. The summed E-state index contributed by atoms with van der Waals surface area (Å²) in [7, 11) is 0. The summed E-state index contributed by atoms with van der Waals surface area (Å²) < 4.78 is 5.46. The zero-order valence-corrected chi connectivity index (χ0v) is 11.9. The van der Waals surface area contributed by atoms with Gasteiger partial charge in [-0.15, -0.1) is 0 Å². The van der Waals surface area contributed by atoms with Crippen LogP contribution in [0.4, 0.5) is 10.5 Å². The summed E-state index contributed by atoms with van der Waals surface area (Å²) in [5.74, 6) is -0.312. The number of rotatable bonds is 4. The van der Waals surface area contributed by atoms with E-state index in [1.165, 1.54) is 0 Å². The molecule has 1 aromatic carbocycles. The van der Waals surface area contributed by atoms with Crippen molar-refractivity contribution in [3.63, 3.8) is 0 Å². The number of urea groups is 1. The van der Waals surface area contributed by atoms with E-state index in [1.807, 2.05) is 0 Å². The van der Waals surface area contributed by atoms with Gasteiger partial charge < -0.3 is 15.4 Å². The molecule has 0 saturated heterocycles. The molecular weight excluding hydrogens is 268 g/mol. The number of hydrogen-bond acceptors (Lipinski definition) is 3. The Bertz CT molecular complexity index is 534. The summed E-state index contributed by atoms with van der Waals surface area (Å²) >= 11 is 0. The number of carbonyl (C=O) groups is 2. The van der Waals surface area contributed by atoms with Crippen LogP contribution >= 0.6 is 0 Å². The van der Waals surface area contributed by atoms with Gasteiger partial charge in [-0.3, -0.25) is 0 Å². The quantitative estimate of drug-likeness (QED) is 0.837. The zero-order valence-electron chi connectivity index (χ0n) is 11.9. The van der Waals surface area contributed by atoms with Gasteiger partial charge in [-0.1, -0.05) is 6.07 Å². The Balaban J connectivity index is 1.58. The van der Waals surface area contributed by atoms with Gasteiger partial charge in [-0.05, 0) is 56.7 Å². The average molecular weight is 288 g/mol. The highest BCUT2D eigenvalue weighted by Gasteiger charge is 2.23. The Hall–Kier alpha value is -2.04. The fourth-order valence-electron chi connectivity index (χ4n) is 2.53. The molecule has 2 amide bonds. The molecule has 0 atom stereocenters. The van der Waals surface area contributed by atoms with E-state index in [-0.39, 0.29) is 18.1 Å². The third-order valence-corrected chi connectivity index (χ3v) is 3.84. The van der Waals surface area contributed by atoms with Crippen LogP contribution in [-0.2, 0) is 4.74 Å². The summed E-state index contributed by atoms with van der Waals surface area (Å²) in [6, 6.07) is 6.96. The molecule has 0 bridgehead atoms. The van der Waals surface area contributed by atoms with Gasteiger partial charge in [-0.2, -0.15) is 0 Å². The molecule has 0 heterocycles. The van der Waals surface area contributed by atoms with Crippen LogP contribution in [0.25, 0.3) is 0 Å². The van der Waals surface area contributed by atoms with Crippen molar-refractivity contribution in [2.45, 2.75) is 50.7 Å². The van der Waals surface area contributed by atoms with E-state index in [4.69, 9.17) is 4.74 Å². The van der Waals surface area contributed by atoms with Crippen LogP contribution in [0.1, 0.15) is 48.9 Å². The van der Waals surface area contributed by atoms with Crippen LogP contribution in [0.2, 0.25) is 0 Å². The van der Waals surface area contributed by atoms with E-state index in [2.05, 4.69) is 10.6 Å². The largest absolute Gasteiger partial charge is 0.459 e. The molecule has 0 aliphatic heterocycles. The topological polar surface area (TPSA) is 67.4 Å². The van der Waals surface area contributed by atoms with Crippen molar-refractivity contribution in [1.82, 2.24) is 5.32 Å². The standard InChI is InChI=1S/C16H20N2O3/c19-15(21-14-6-1-2-7-14)11-4-3-5-13(10-11)18-16(20)17-12-8-9-12/h3-5,10,12,14H,1-2,6-9H2,(H2,17,18,20). The maximum atomic E-state index is 12.1. The third kappa shape index (κ3) is 3.97. The van der Waals surface area contributed by atoms with Crippen molar-refractivity contribution in [2.75, 3.05) is 5.32 Å². The van der Waals surface area contributed by atoms with Gasteiger partial charge in [0.05, 0.1) is 5.56 Å². The first-order valence-electron chi connectivity index (χ1n) is 7.59. The minimum absolute atomic E-state index is 0.0484. The Morgan fingerprint density at radius 1 is 1.10 bits per heavy atom. The molecule has 3 rings (SSSR count). The number of hydrogen-bond donors (Lipinski definition) is 2. The summed E-state index contributed by atoms with van der Waals surface area (Å²) in [5.41, 5.74) is 1.08. The van der Waals surface area contributed by atoms with Crippen molar-refractivity contribution in [2.24, 2.45) is 0 Å². The van der Waals surface area contributed by atoms with Crippen LogP contribution < -0.4 is 10.6 Å². The number of anilines is 1. The molecule has 2 aliphatic rings. The molecule has 5 nitrogen and oxygen atoms in total. The molecule has 0 aromatic heterocycles. The fourth-order valence-corrected chi connectivity index (χ4v) is 2.53. The second-order valence-electron chi connectivity index (χ2n) is 5.77. The molecule has 21 heavy (non-hydrogen) atoms. The monoisotopic (exact) mass is 288 g/mol. The van der Waals surface area contributed by atoms with E-state index in [1.54, 1.807) is 24.3 Å². The molecular formula is C16H20N2O3. The van der Waals surface area contributed by atoms with Crippen molar-refractivity contribution < 1.29 is 14.3 Å². The van der Waals surface area contributed by atoms with Gasteiger partial charge in [0.15, 0.2) is 0 Å². The lowest BCUT2D eigenvalue weighted by molar-refractivity contribution is 0.0318.